The second-order valence-electron chi connectivity index (χ2n) is 5.28. The zero-order valence-corrected chi connectivity index (χ0v) is 13.4. The van der Waals surface area contributed by atoms with Gasteiger partial charge in [-0.05, 0) is 30.7 Å². The monoisotopic (exact) mass is 342 g/mol. The van der Waals surface area contributed by atoms with Crippen LogP contribution in [-0.4, -0.2) is 23.0 Å². The first-order chi connectivity index (χ1) is 12.1. The van der Waals surface area contributed by atoms with Crippen molar-refractivity contribution in [2.45, 2.75) is 19.4 Å². The Bertz CT molecular complexity index is 922. The summed E-state index contributed by atoms with van der Waals surface area (Å²) >= 11 is 0. The molecule has 0 bridgehead atoms. The van der Waals surface area contributed by atoms with Crippen molar-refractivity contribution in [1.29, 1.82) is 0 Å². The predicted molar refractivity (Wildman–Crippen MR) is 88.5 cm³/mol. The molecule has 1 N–H and O–H groups in total. The fourth-order valence-electron chi connectivity index (χ4n) is 2.34. The number of fused-ring (bicyclic) bond motifs is 1. The summed E-state index contributed by atoms with van der Waals surface area (Å²) in [7, 11) is 0. The van der Waals surface area contributed by atoms with Gasteiger partial charge in [0.25, 0.3) is 5.91 Å². The quantitative estimate of drug-likeness (QED) is 0.717. The molecule has 128 valence electrons. The van der Waals surface area contributed by atoms with Gasteiger partial charge >= 0.3 is 5.97 Å². The molecule has 7 heteroatoms. The number of nitrogens with one attached hydrogen (secondary N) is 1. The number of hydrogen-bond acceptors (Lipinski definition) is 5. The minimum Gasteiger partial charge on any atom is -0.449 e. The highest BCUT2D eigenvalue weighted by Crippen LogP contribution is 2.19. The zero-order chi connectivity index (χ0) is 17.8. The summed E-state index contributed by atoms with van der Waals surface area (Å²) in [5, 5.41) is 2.42. The first-order valence-corrected chi connectivity index (χ1v) is 7.68. The van der Waals surface area contributed by atoms with Crippen molar-refractivity contribution in [2.75, 3.05) is 5.32 Å². The number of esters is 1. The van der Waals surface area contributed by atoms with E-state index in [9.17, 15) is 14.0 Å². The van der Waals surface area contributed by atoms with E-state index >= 15 is 0 Å². The fourth-order valence-corrected chi connectivity index (χ4v) is 2.34. The number of anilines is 1. The van der Waals surface area contributed by atoms with E-state index in [1.165, 1.54) is 30.7 Å². The second kappa shape index (κ2) is 7.12. The third kappa shape index (κ3) is 3.50. The molecule has 0 aliphatic heterocycles. The molecule has 0 fully saturated rings. The van der Waals surface area contributed by atoms with Crippen LogP contribution < -0.4 is 5.32 Å². The van der Waals surface area contributed by atoms with Crippen molar-refractivity contribution in [3.63, 3.8) is 0 Å². The van der Waals surface area contributed by atoms with Crippen LogP contribution in [0.3, 0.4) is 0 Å². The molecule has 1 heterocycles. The highest BCUT2D eigenvalue weighted by atomic mass is 19.1. The van der Waals surface area contributed by atoms with Gasteiger partial charge in [-0.25, -0.2) is 14.2 Å². The number of halogens is 1. The molecule has 0 saturated heterocycles. The Hall–Kier alpha value is -3.22. The van der Waals surface area contributed by atoms with Gasteiger partial charge in [-0.2, -0.15) is 0 Å². The van der Waals surface area contributed by atoms with Crippen LogP contribution in [0.15, 0.2) is 53.3 Å². The van der Waals surface area contributed by atoms with E-state index in [2.05, 4.69) is 10.3 Å². The molecule has 2 aromatic carbocycles. The van der Waals surface area contributed by atoms with Crippen molar-refractivity contribution in [3.05, 3.63) is 60.2 Å². The van der Waals surface area contributed by atoms with Gasteiger partial charge in [-0.3, -0.25) is 4.79 Å². The third-order valence-corrected chi connectivity index (χ3v) is 3.62. The van der Waals surface area contributed by atoms with Gasteiger partial charge in [0.2, 0.25) is 0 Å². The Kier molecular flexibility index (Phi) is 4.74. The Balaban J connectivity index is 1.75. The van der Waals surface area contributed by atoms with Crippen LogP contribution in [0.25, 0.3) is 11.1 Å². The number of hydrogen-bond donors (Lipinski definition) is 1. The first kappa shape index (κ1) is 16.6. The van der Waals surface area contributed by atoms with Crippen LogP contribution in [0.5, 0.6) is 0 Å². The summed E-state index contributed by atoms with van der Waals surface area (Å²) < 4.78 is 24.1. The molecule has 0 aliphatic rings. The van der Waals surface area contributed by atoms with Crippen molar-refractivity contribution < 1.29 is 23.1 Å². The standard InChI is InChI=1S/C18H15FN2O4/c1-2-14(17(22)21-13-8-4-3-7-12(13)19)25-18(23)11-6-5-9-15-16(11)20-10-24-15/h3-10,14H,2H2,1H3,(H,21,22). The Morgan fingerprint density at radius 2 is 2.04 bits per heavy atom. The van der Waals surface area contributed by atoms with Crippen LogP contribution in [0, 0.1) is 5.82 Å². The second-order valence-corrected chi connectivity index (χ2v) is 5.28. The third-order valence-electron chi connectivity index (χ3n) is 3.62. The SMILES string of the molecule is CCC(OC(=O)c1cccc2ocnc12)C(=O)Nc1ccccc1F. The summed E-state index contributed by atoms with van der Waals surface area (Å²) in [6.45, 7) is 1.69. The normalized spacial score (nSPS) is 11.9. The maximum atomic E-state index is 13.6. The molecule has 1 aromatic heterocycles. The van der Waals surface area contributed by atoms with Crippen molar-refractivity contribution in [1.82, 2.24) is 4.98 Å². The molecule has 1 unspecified atom stereocenters. The van der Waals surface area contributed by atoms with Crippen molar-refractivity contribution >= 4 is 28.7 Å². The highest BCUT2D eigenvalue weighted by Gasteiger charge is 2.24. The fraction of sp³-hybridized carbons (Fsp3) is 0.167. The lowest BCUT2D eigenvalue weighted by molar-refractivity contribution is -0.124. The Morgan fingerprint density at radius 1 is 1.24 bits per heavy atom. The summed E-state index contributed by atoms with van der Waals surface area (Å²) in [4.78, 5) is 28.7. The average molecular weight is 342 g/mol. The highest BCUT2D eigenvalue weighted by molar-refractivity contribution is 6.03. The van der Waals surface area contributed by atoms with Crippen LogP contribution >= 0.6 is 0 Å². The lowest BCUT2D eigenvalue weighted by atomic mass is 10.2. The number of benzene rings is 2. The van der Waals surface area contributed by atoms with Gasteiger partial charge < -0.3 is 14.5 Å². The zero-order valence-electron chi connectivity index (χ0n) is 13.4. The van der Waals surface area contributed by atoms with Crippen LogP contribution in [0.4, 0.5) is 10.1 Å². The maximum absolute atomic E-state index is 13.6. The van der Waals surface area contributed by atoms with E-state index in [4.69, 9.17) is 9.15 Å². The van der Waals surface area contributed by atoms with E-state index < -0.39 is 23.8 Å². The van der Waals surface area contributed by atoms with Crippen LogP contribution in [-0.2, 0) is 9.53 Å². The number of nitrogens with zero attached hydrogens (tertiary/aromatic N) is 1. The van der Waals surface area contributed by atoms with Gasteiger partial charge in [0.05, 0.1) is 11.3 Å². The van der Waals surface area contributed by atoms with E-state index in [0.29, 0.717) is 11.1 Å². The van der Waals surface area contributed by atoms with Crippen LogP contribution in [0.2, 0.25) is 0 Å². The summed E-state index contributed by atoms with van der Waals surface area (Å²) in [5.41, 5.74) is 1.03. The summed E-state index contributed by atoms with van der Waals surface area (Å²) in [5.74, 6) is -1.87. The van der Waals surface area contributed by atoms with Gasteiger partial charge in [0, 0.05) is 0 Å². The minimum atomic E-state index is -1.06. The van der Waals surface area contributed by atoms with Gasteiger partial charge in [-0.15, -0.1) is 0 Å². The molecule has 0 spiro atoms. The van der Waals surface area contributed by atoms with E-state index in [0.717, 1.165) is 0 Å². The molecule has 0 saturated carbocycles. The number of oxazole rings is 1. The van der Waals surface area contributed by atoms with Gasteiger partial charge in [0.1, 0.15) is 11.3 Å². The molecule has 0 radical (unpaired) electrons. The lowest BCUT2D eigenvalue weighted by Gasteiger charge is -2.16. The predicted octanol–water partition coefficient (Wildman–Crippen LogP) is 3.54. The molecular weight excluding hydrogens is 327 g/mol. The number of rotatable bonds is 5. The molecule has 3 rings (SSSR count). The molecule has 25 heavy (non-hydrogen) atoms. The number of ether oxygens (including phenoxy) is 1. The average Bonchev–Trinajstić information content (AvgIpc) is 3.10. The molecule has 1 amide bonds. The van der Waals surface area contributed by atoms with E-state index in [1.54, 1.807) is 25.1 Å². The topological polar surface area (TPSA) is 81.4 Å². The molecule has 6 nitrogen and oxygen atoms in total. The molecule has 0 aliphatic carbocycles. The summed E-state index contributed by atoms with van der Waals surface area (Å²) in [6.07, 6.45) is 0.402. The summed E-state index contributed by atoms with van der Waals surface area (Å²) in [6, 6.07) is 10.6. The first-order valence-electron chi connectivity index (χ1n) is 7.68. The number of carbonyl (C=O) groups excluding carboxylic acids is 2. The minimum absolute atomic E-state index is 0.0283. The number of amides is 1. The van der Waals surface area contributed by atoms with E-state index in [-0.39, 0.29) is 17.7 Å². The molecule has 3 aromatic rings. The smallest absolute Gasteiger partial charge is 0.341 e. The van der Waals surface area contributed by atoms with Crippen molar-refractivity contribution in [3.8, 4) is 0 Å². The molecular formula is C18H15FN2O4. The lowest BCUT2D eigenvalue weighted by Crippen LogP contribution is -2.32. The molecule has 1 atom stereocenters. The Labute approximate surface area is 142 Å². The van der Waals surface area contributed by atoms with E-state index in [1.807, 2.05) is 0 Å². The number of carbonyl (C=O) groups is 2. The number of para-hydroxylation sites is 2. The van der Waals surface area contributed by atoms with Crippen LogP contribution in [0.1, 0.15) is 23.7 Å². The number of aromatic nitrogens is 1. The van der Waals surface area contributed by atoms with Gasteiger partial charge in [-0.1, -0.05) is 25.1 Å². The largest absolute Gasteiger partial charge is 0.449 e. The van der Waals surface area contributed by atoms with Gasteiger partial charge in [0.15, 0.2) is 18.1 Å². The maximum Gasteiger partial charge on any atom is 0.341 e. The van der Waals surface area contributed by atoms with Crippen molar-refractivity contribution in [2.24, 2.45) is 0 Å². The Morgan fingerprint density at radius 3 is 2.80 bits per heavy atom.